The van der Waals surface area contributed by atoms with Crippen LogP contribution in [0.1, 0.15) is 11.1 Å². The van der Waals surface area contributed by atoms with Crippen molar-refractivity contribution < 1.29 is 19.2 Å². The molecule has 1 saturated heterocycles. The number of anilines is 1. The molecule has 0 radical (unpaired) electrons. The molecule has 6 nitrogen and oxygen atoms in total. The smallest absolute Gasteiger partial charge is 0.336 e. The molecular weight excluding hydrogens is 356 g/mol. The molecule has 1 fully saturated rings. The van der Waals surface area contributed by atoms with Crippen molar-refractivity contribution in [3.05, 3.63) is 64.0 Å². The number of hydrogen-bond acceptors (Lipinski definition) is 5. The lowest BCUT2D eigenvalue weighted by molar-refractivity contribution is -0.914. The first kappa shape index (κ1) is 18.4. The lowest BCUT2D eigenvalue weighted by Crippen LogP contribution is -3.13. The molecule has 3 aromatic rings. The second kappa shape index (κ2) is 7.56. The molecule has 2 aromatic carbocycles. The number of nitrogens with one attached hydrogen (secondary N) is 1. The number of phenolic OH excluding ortho intramolecular Hbond substituents is 1. The summed E-state index contributed by atoms with van der Waals surface area (Å²) in [6.07, 6.45) is 0. The van der Waals surface area contributed by atoms with E-state index in [9.17, 15) is 9.90 Å². The van der Waals surface area contributed by atoms with Gasteiger partial charge >= 0.3 is 5.63 Å². The van der Waals surface area contributed by atoms with Gasteiger partial charge in [0.2, 0.25) is 0 Å². The number of para-hydroxylation sites is 2. The van der Waals surface area contributed by atoms with Crippen molar-refractivity contribution in [1.82, 2.24) is 0 Å². The van der Waals surface area contributed by atoms with Gasteiger partial charge in [0.25, 0.3) is 0 Å². The molecule has 0 bridgehead atoms. The fourth-order valence-corrected chi connectivity index (χ4v) is 3.96. The summed E-state index contributed by atoms with van der Waals surface area (Å²) in [5, 5.41) is 10.8. The third-order valence-electron chi connectivity index (χ3n) is 5.55. The number of piperazine rings is 1. The van der Waals surface area contributed by atoms with E-state index in [-0.39, 0.29) is 11.4 Å². The van der Waals surface area contributed by atoms with Crippen molar-refractivity contribution in [2.75, 3.05) is 38.2 Å². The summed E-state index contributed by atoms with van der Waals surface area (Å²) in [5.41, 5.74) is 2.81. The van der Waals surface area contributed by atoms with E-state index in [0.717, 1.165) is 55.1 Å². The van der Waals surface area contributed by atoms with Crippen LogP contribution in [0, 0.1) is 6.92 Å². The van der Waals surface area contributed by atoms with E-state index < -0.39 is 0 Å². The molecule has 0 atom stereocenters. The van der Waals surface area contributed by atoms with Crippen LogP contribution >= 0.6 is 0 Å². The molecule has 1 aliphatic heterocycles. The number of methoxy groups -OCH3 is 1. The Morgan fingerprint density at radius 2 is 1.93 bits per heavy atom. The summed E-state index contributed by atoms with van der Waals surface area (Å²) in [4.78, 5) is 15.8. The first-order valence-corrected chi connectivity index (χ1v) is 9.53. The minimum atomic E-state index is -0.372. The largest absolute Gasteiger partial charge is 0.508 e. The number of aromatic hydroxyl groups is 1. The number of nitrogens with zero attached hydrogens (tertiary/aromatic N) is 1. The minimum Gasteiger partial charge on any atom is -0.508 e. The van der Waals surface area contributed by atoms with Gasteiger partial charge in [-0.25, -0.2) is 4.79 Å². The average molecular weight is 381 g/mol. The van der Waals surface area contributed by atoms with Gasteiger partial charge in [-0.15, -0.1) is 0 Å². The number of quaternary nitrogens is 1. The normalized spacial score (nSPS) is 15.1. The maximum atomic E-state index is 12.0. The van der Waals surface area contributed by atoms with Crippen LogP contribution in [0.15, 0.2) is 51.7 Å². The fourth-order valence-electron chi connectivity index (χ4n) is 3.96. The monoisotopic (exact) mass is 381 g/mol. The number of aryl methyl sites for hydroxylation is 1. The molecule has 0 aliphatic carbocycles. The Morgan fingerprint density at radius 1 is 1.18 bits per heavy atom. The molecular formula is C22H25N2O4+. The summed E-state index contributed by atoms with van der Waals surface area (Å²) in [7, 11) is 1.70. The first-order valence-electron chi connectivity index (χ1n) is 9.53. The summed E-state index contributed by atoms with van der Waals surface area (Å²) >= 11 is 0. The van der Waals surface area contributed by atoms with Gasteiger partial charge in [0.15, 0.2) is 0 Å². The molecule has 6 heteroatoms. The van der Waals surface area contributed by atoms with Crippen LogP contribution in [0.4, 0.5) is 5.69 Å². The van der Waals surface area contributed by atoms with Crippen LogP contribution in [0.3, 0.4) is 0 Å². The Labute approximate surface area is 163 Å². The zero-order valence-corrected chi connectivity index (χ0v) is 16.2. The van der Waals surface area contributed by atoms with Gasteiger partial charge in [-0.2, -0.15) is 0 Å². The van der Waals surface area contributed by atoms with Crippen molar-refractivity contribution in [3.63, 3.8) is 0 Å². The number of phenols is 1. The average Bonchev–Trinajstić information content (AvgIpc) is 2.71. The lowest BCUT2D eigenvalue weighted by Gasteiger charge is -2.34. The molecule has 28 heavy (non-hydrogen) atoms. The number of ether oxygens (including phenoxy) is 1. The molecule has 2 N–H and O–H groups in total. The van der Waals surface area contributed by atoms with E-state index in [0.29, 0.717) is 11.1 Å². The van der Waals surface area contributed by atoms with Gasteiger partial charge in [-0.3, -0.25) is 0 Å². The van der Waals surface area contributed by atoms with Crippen molar-refractivity contribution in [1.29, 1.82) is 0 Å². The standard InChI is InChI=1S/C22H24N2O4/c1-15-19(25)8-7-17-16(13-21(26)28-22(15)17)14-23-9-11-24(12-10-23)18-5-3-4-6-20(18)27-2/h3-8,13,25H,9-12,14H2,1-2H3/p+1. The maximum absolute atomic E-state index is 12.0. The minimum absolute atomic E-state index is 0.144. The Hall–Kier alpha value is -2.99. The highest BCUT2D eigenvalue weighted by molar-refractivity contribution is 5.84. The van der Waals surface area contributed by atoms with Gasteiger partial charge in [0.05, 0.1) is 39.0 Å². The number of rotatable bonds is 4. The van der Waals surface area contributed by atoms with Gasteiger partial charge < -0.3 is 24.1 Å². The Balaban J connectivity index is 1.53. The van der Waals surface area contributed by atoms with Crippen LogP contribution in [0.5, 0.6) is 11.5 Å². The van der Waals surface area contributed by atoms with Gasteiger partial charge in [0, 0.05) is 22.6 Å². The summed E-state index contributed by atoms with van der Waals surface area (Å²) in [6, 6.07) is 13.2. The predicted octanol–water partition coefficient (Wildman–Crippen LogP) is 1.72. The first-order chi connectivity index (χ1) is 13.6. The Morgan fingerprint density at radius 3 is 2.68 bits per heavy atom. The zero-order chi connectivity index (χ0) is 19.7. The van der Waals surface area contributed by atoms with E-state index in [1.165, 1.54) is 4.90 Å². The highest BCUT2D eigenvalue weighted by Crippen LogP contribution is 2.28. The third-order valence-corrected chi connectivity index (χ3v) is 5.55. The van der Waals surface area contributed by atoms with E-state index in [2.05, 4.69) is 11.0 Å². The highest BCUT2D eigenvalue weighted by atomic mass is 16.5. The van der Waals surface area contributed by atoms with E-state index >= 15 is 0 Å². The fraction of sp³-hybridized carbons (Fsp3) is 0.318. The van der Waals surface area contributed by atoms with Gasteiger partial charge in [-0.1, -0.05) is 12.1 Å². The van der Waals surface area contributed by atoms with Crippen LogP contribution in [0.2, 0.25) is 0 Å². The van der Waals surface area contributed by atoms with E-state index in [4.69, 9.17) is 9.15 Å². The molecule has 1 aromatic heterocycles. The van der Waals surface area contributed by atoms with Crippen LogP contribution in [-0.2, 0) is 6.54 Å². The molecule has 0 amide bonds. The Kier molecular flexibility index (Phi) is 4.96. The maximum Gasteiger partial charge on any atom is 0.336 e. The van der Waals surface area contributed by atoms with Crippen LogP contribution in [-0.4, -0.2) is 38.4 Å². The van der Waals surface area contributed by atoms with Crippen molar-refractivity contribution in [2.45, 2.75) is 13.5 Å². The van der Waals surface area contributed by atoms with Gasteiger partial charge in [0.1, 0.15) is 23.6 Å². The molecule has 146 valence electrons. The molecule has 1 aliphatic rings. The molecule has 0 saturated carbocycles. The molecule has 0 spiro atoms. The highest BCUT2D eigenvalue weighted by Gasteiger charge is 2.23. The predicted molar refractivity (Wildman–Crippen MR) is 108 cm³/mol. The van der Waals surface area contributed by atoms with Crippen molar-refractivity contribution >= 4 is 16.7 Å². The lowest BCUT2D eigenvalue weighted by atomic mass is 10.1. The quantitative estimate of drug-likeness (QED) is 0.674. The second-order valence-corrected chi connectivity index (χ2v) is 7.26. The topological polar surface area (TPSA) is 67.4 Å². The number of fused-ring (bicyclic) bond motifs is 1. The van der Waals surface area contributed by atoms with E-state index in [1.54, 1.807) is 26.2 Å². The van der Waals surface area contributed by atoms with Crippen molar-refractivity contribution in [3.8, 4) is 11.5 Å². The molecule has 0 unspecified atom stereocenters. The van der Waals surface area contributed by atoms with Gasteiger partial charge in [-0.05, 0) is 31.2 Å². The SMILES string of the molecule is COc1ccccc1N1CC[NH+](Cc2cc(=O)oc3c(C)c(O)ccc23)CC1. The van der Waals surface area contributed by atoms with E-state index in [1.807, 2.05) is 24.3 Å². The summed E-state index contributed by atoms with van der Waals surface area (Å²) < 4.78 is 10.8. The summed E-state index contributed by atoms with van der Waals surface area (Å²) in [5.74, 6) is 1.04. The third kappa shape index (κ3) is 3.43. The molecule has 4 rings (SSSR count). The number of benzene rings is 2. The second-order valence-electron chi connectivity index (χ2n) is 7.26. The van der Waals surface area contributed by atoms with Crippen LogP contribution < -0.4 is 20.2 Å². The number of hydrogen-bond donors (Lipinski definition) is 2. The summed E-state index contributed by atoms with van der Waals surface area (Å²) in [6.45, 7) is 6.31. The van der Waals surface area contributed by atoms with Crippen LogP contribution in [0.25, 0.3) is 11.0 Å². The zero-order valence-electron chi connectivity index (χ0n) is 16.2. The van der Waals surface area contributed by atoms with Crippen molar-refractivity contribution in [2.24, 2.45) is 0 Å². The molecule has 2 heterocycles. The Bertz CT molecular complexity index is 1050.